The molecule has 0 aliphatic carbocycles. The molecule has 1 aromatic heterocycles. The minimum absolute atomic E-state index is 0.0402. The summed E-state index contributed by atoms with van der Waals surface area (Å²) in [5, 5.41) is 8.29. The highest BCUT2D eigenvalue weighted by molar-refractivity contribution is 6.28. The second kappa shape index (κ2) is 6.19. The summed E-state index contributed by atoms with van der Waals surface area (Å²) in [6.07, 6.45) is -4.12. The van der Waals surface area contributed by atoms with E-state index in [2.05, 4.69) is 9.97 Å². The molecule has 0 aromatic carbocycles. The van der Waals surface area contributed by atoms with Crippen LogP contribution in [0.15, 0.2) is 6.07 Å². The molecule has 0 atom stereocenters. The van der Waals surface area contributed by atoms with Gasteiger partial charge in [-0.1, -0.05) is 0 Å². The van der Waals surface area contributed by atoms with Crippen LogP contribution in [0.25, 0.3) is 0 Å². The molecule has 1 N–H and O–H groups in total. The van der Waals surface area contributed by atoms with Crippen molar-refractivity contribution in [3.63, 3.8) is 0 Å². The van der Waals surface area contributed by atoms with Gasteiger partial charge in [-0.25, -0.2) is 9.97 Å². The third kappa shape index (κ3) is 3.99. The van der Waals surface area contributed by atoms with Crippen LogP contribution in [0.2, 0.25) is 5.28 Å². The average Bonchev–Trinajstić information content (AvgIpc) is 2.28. The lowest BCUT2D eigenvalue weighted by Gasteiger charge is -2.22. The second-order valence-electron chi connectivity index (χ2n) is 3.54. The molecule has 0 unspecified atom stereocenters. The molecule has 0 radical (unpaired) electrons. The smallest absolute Gasteiger partial charge is 0.396 e. The fourth-order valence-corrected chi connectivity index (χ4v) is 1.59. The van der Waals surface area contributed by atoms with Crippen LogP contribution in [0.3, 0.4) is 0 Å². The van der Waals surface area contributed by atoms with Gasteiger partial charge < -0.3 is 10.0 Å². The molecule has 0 bridgehead atoms. The molecule has 4 nitrogen and oxygen atoms in total. The van der Waals surface area contributed by atoms with Crippen LogP contribution in [-0.4, -0.2) is 34.8 Å². The highest BCUT2D eigenvalue weighted by atomic mass is 35.5. The maximum absolute atomic E-state index is 12.6. The first-order valence-electron chi connectivity index (χ1n) is 5.36. The summed E-state index contributed by atoms with van der Waals surface area (Å²) in [5.74, 6) is 0.110. The number of rotatable bonds is 5. The van der Waals surface area contributed by atoms with Gasteiger partial charge >= 0.3 is 6.18 Å². The largest absolute Gasteiger partial charge is 0.433 e. The van der Waals surface area contributed by atoms with Gasteiger partial charge in [-0.2, -0.15) is 13.2 Å². The average molecular weight is 284 g/mol. The van der Waals surface area contributed by atoms with Crippen LogP contribution in [0, 0.1) is 0 Å². The number of anilines is 1. The molecule has 18 heavy (non-hydrogen) atoms. The van der Waals surface area contributed by atoms with E-state index in [0.29, 0.717) is 19.5 Å². The normalized spacial score (nSPS) is 11.7. The van der Waals surface area contributed by atoms with Gasteiger partial charge in [0.05, 0.1) is 0 Å². The Balaban J connectivity index is 3.04. The van der Waals surface area contributed by atoms with Crippen molar-refractivity contribution in [2.24, 2.45) is 0 Å². The van der Waals surface area contributed by atoms with Gasteiger partial charge in [0, 0.05) is 25.8 Å². The number of aromatic nitrogens is 2. The summed E-state index contributed by atoms with van der Waals surface area (Å²) in [4.78, 5) is 8.52. The molecule has 0 spiro atoms. The number of nitrogens with zero attached hydrogens (tertiary/aromatic N) is 3. The first kappa shape index (κ1) is 15.0. The number of aliphatic hydroxyl groups excluding tert-OH is 1. The molecule has 0 saturated carbocycles. The summed E-state index contributed by atoms with van der Waals surface area (Å²) in [6.45, 7) is 2.60. The Morgan fingerprint density at radius 3 is 2.56 bits per heavy atom. The lowest BCUT2D eigenvalue weighted by molar-refractivity contribution is -0.141. The number of aliphatic hydroxyl groups is 1. The molecule has 0 fully saturated rings. The molecular formula is C10H13ClF3N3O. The Kier molecular flexibility index (Phi) is 5.15. The van der Waals surface area contributed by atoms with Crippen molar-refractivity contribution in [1.29, 1.82) is 0 Å². The molecule has 8 heteroatoms. The molecule has 1 heterocycles. The molecule has 0 saturated heterocycles. The van der Waals surface area contributed by atoms with Crippen molar-refractivity contribution in [3.05, 3.63) is 17.0 Å². The Morgan fingerprint density at radius 1 is 1.39 bits per heavy atom. The first-order chi connectivity index (χ1) is 8.38. The fraction of sp³-hybridized carbons (Fsp3) is 0.600. The summed E-state index contributed by atoms with van der Waals surface area (Å²) in [6, 6.07) is 0.854. The van der Waals surface area contributed by atoms with E-state index in [0.717, 1.165) is 6.07 Å². The summed E-state index contributed by atoms with van der Waals surface area (Å²) in [7, 11) is 0. The Hall–Kier alpha value is -1.08. The van der Waals surface area contributed by atoms with Crippen molar-refractivity contribution in [1.82, 2.24) is 9.97 Å². The maximum atomic E-state index is 12.6. The van der Waals surface area contributed by atoms with E-state index >= 15 is 0 Å². The highest BCUT2D eigenvalue weighted by Gasteiger charge is 2.34. The van der Waals surface area contributed by atoms with Gasteiger partial charge in [0.25, 0.3) is 0 Å². The van der Waals surface area contributed by atoms with Crippen LogP contribution in [0.4, 0.5) is 19.0 Å². The van der Waals surface area contributed by atoms with Crippen LogP contribution in [-0.2, 0) is 6.18 Å². The summed E-state index contributed by atoms with van der Waals surface area (Å²) < 4.78 is 37.7. The van der Waals surface area contributed by atoms with Crippen molar-refractivity contribution in [3.8, 4) is 0 Å². The predicted octanol–water partition coefficient (Wildman–Crippen LogP) is 2.36. The van der Waals surface area contributed by atoms with Gasteiger partial charge in [-0.15, -0.1) is 0 Å². The molecule has 0 aliphatic heterocycles. The third-order valence-corrected chi connectivity index (χ3v) is 2.44. The summed E-state index contributed by atoms with van der Waals surface area (Å²) >= 11 is 5.49. The van der Waals surface area contributed by atoms with E-state index in [1.54, 1.807) is 11.8 Å². The number of hydrogen-bond donors (Lipinski definition) is 1. The zero-order chi connectivity index (χ0) is 13.8. The van der Waals surface area contributed by atoms with E-state index in [9.17, 15) is 13.2 Å². The molecule has 0 aliphatic rings. The molecule has 0 amide bonds. The van der Waals surface area contributed by atoms with E-state index < -0.39 is 17.2 Å². The number of hydrogen-bond acceptors (Lipinski definition) is 4. The highest BCUT2D eigenvalue weighted by Crippen LogP contribution is 2.30. The van der Waals surface area contributed by atoms with Gasteiger partial charge in [0.15, 0.2) is 5.69 Å². The van der Waals surface area contributed by atoms with E-state index in [1.807, 2.05) is 0 Å². The lowest BCUT2D eigenvalue weighted by atomic mass is 10.3. The summed E-state index contributed by atoms with van der Waals surface area (Å²) in [5.41, 5.74) is -1.07. The molecular weight excluding hydrogens is 271 g/mol. The van der Waals surface area contributed by atoms with Crippen molar-refractivity contribution >= 4 is 17.4 Å². The predicted molar refractivity (Wildman–Crippen MR) is 61.6 cm³/mol. The number of halogens is 4. The molecule has 102 valence electrons. The van der Waals surface area contributed by atoms with Gasteiger partial charge in [0.2, 0.25) is 5.28 Å². The van der Waals surface area contributed by atoms with Gasteiger partial charge in [-0.05, 0) is 24.9 Å². The van der Waals surface area contributed by atoms with Crippen molar-refractivity contribution in [2.45, 2.75) is 19.5 Å². The lowest BCUT2D eigenvalue weighted by Crippen LogP contribution is -2.26. The van der Waals surface area contributed by atoms with Crippen molar-refractivity contribution < 1.29 is 18.3 Å². The molecule has 1 rings (SSSR count). The Bertz CT molecular complexity index is 400. The monoisotopic (exact) mass is 283 g/mol. The minimum atomic E-state index is -4.56. The van der Waals surface area contributed by atoms with Gasteiger partial charge in [-0.3, -0.25) is 0 Å². The first-order valence-corrected chi connectivity index (χ1v) is 5.74. The minimum Gasteiger partial charge on any atom is -0.396 e. The standard InChI is InChI=1S/C10H13ClF3N3O/c1-2-17(4-3-5-18)8-6-7(10(12,13)14)15-9(11)16-8/h6,18H,2-5H2,1H3. The fourth-order valence-electron chi connectivity index (χ4n) is 1.41. The zero-order valence-electron chi connectivity index (χ0n) is 9.71. The SMILES string of the molecule is CCN(CCCO)c1cc(C(F)(F)F)nc(Cl)n1. The van der Waals surface area contributed by atoms with Gasteiger partial charge in [0.1, 0.15) is 5.82 Å². The van der Waals surface area contributed by atoms with Crippen molar-refractivity contribution in [2.75, 3.05) is 24.6 Å². The Labute approximate surface area is 107 Å². The number of alkyl halides is 3. The zero-order valence-corrected chi connectivity index (χ0v) is 10.5. The van der Waals surface area contributed by atoms with Crippen LogP contribution in [0.1, 0.15) is 19.0 Å². The van der Waals surface area contributed by atoms with Crippen LogP contribution >= 0.6 is 11.6 Å². The second-order valence-corrected chi connectivity index (χ2v) is 3.87. The van der Waals surface area contributed by atoms with Crippen LogP contribution in [0.5, 0.6) is 0 Å². The van der Waals surface area contributed by atoms with Crippen LogP contribution < -0.4 is 4.90 Å². The van der Waals surface area contributed by atoms with E-state index in [1.165, 1.54) is 0 Å². The Morgan fingerprint density at radius 2 is 2.06 bits per heavy atom. The third-order valence-electron chi connectivity index (χ3n) is 2.27. The topological polar surface area (TPSA) is 49.2 Å². The maximum Gasteiger partial charge on any atom is 0.433 e. The quantitative estimate of drug-likeness (QED) is 0.843. The van der Waals surface area contributed by atoms with E-state index in [-0.39, 0.29) is 12.4 Å². The van der Waals surface area contributed by atoms with E-state index in [4.69, 9.17) is 16.7 Å². The molecule has 1 aromatic rings.